The summed E-state index contributed by atoms with van der Waals surface area (Å²) in [6, 6.07) is 6.70. The molecule has 0 saturated heterocycles. The topological polar surface area (TPSA) is 54.7 Å². The Morgan fingerprint density at radius 3 is 2.48 bits per heavy atom. The molecule has 0 aliphatic heterocycles. The predicted molar refractivity (Wildman–Crippen MR) is 108 cm³/mol. The predicted octanol–water partition coefficient (Wildman–Crippen LogP) is 3.22. The molecule has 1 N–H and O–H groups in total. The molecule has 0 unspecified atom stereocenters. The second-order valence-corrected chi connectivity index (χ2v) is 6.01. The molecule has 0 aliphatic rings. The second-order valence-electron chi connectivity index (χ2n) is 5.24. The van der Waals surface area contributed by atoms with Crippen molar-refractivity contribution in [1.82, 2.24) is 10.2 Å². The van der Waals surface area contributed by atoms with E-state index in [4.69, 9.17) is 29.7 Å². The van der Waals surface area contributed by atoms with E-state index in [2.05, 4.69) is 10.3 Å². The summed E-state index contributed by atoms with van der Waals surface area (Å²) < 4.78 is 14.2. The van der Waals surface area contributed by atoms with Crippen LogP contribution in [0.2, 0.25) is 0 Å². The Morgan fingerprint density at radius 1 is 1.32 bits per heavy atom. The van der Waals surface area contributed by atoms with Gasteiger partial charge in [0.05, 0.1) is 0 Å². The molecule has 132 valence electrons. The molecule has 0 spiro atoms. The number of nitrogens with zero attached hydrogens (tertiary/aromatic N) is 4. The van der Waals surface area contributed by atoms with Gasteiger partial charge in [0, 0.05) is 44.3 Å². The maximum Gasteiger partial charge on any atom is 0.179 e. The molecule has 5 nitrogen and oxygen atoms in total. The van der Waals surface area contributed by atoms with Crippen molar-refractivity contribution >= 4 is 45.9 Å². The first kappa shape index (κ1) is 20.7. The molecule has 0 fully saturated rings. The minimum Gasteiger partial charge on any atom is -0.379 e. The van der Waals surface area contributed by atoms with Crippen LogP contribution in [0.3, 0.4) is 0 Å². The molecular formula is C17H20FN5S2. The highest BCUT2D eigenvalue weighted by atomic mass is 32.1. The first-order valence-electron chi connectivity index (χ1n) is 7.37. The van der Waals surface area contributed by atoms with Gasteiger partial charge >= 0.3 is 0 Å². The Bertz CT molecular complexity index is 780. The van der Waals surface area contributed by atoms with E-state index in [0.717, 1.165) is 5.70 Å². The van der Waals surface area contributed by atoms with E-state index in [-0.39, 0.29) is 0 Å². The van der Waals surface area contributed by atoms with Gasteiger partial charge in [-0.1, -0.05) is 12.2 Å². The van der Waals surface area contributed by atoms with Crippen LogP contribution in [0.15, 0.2) is 35.1 Å². The van der Waals surface area contributed by atoms with Crippen molar-refractivity contribution in [2.45, 2.75) is 13.8 Å². The van der Waals surface area contributed by atoms with Gasteiger partial charge in [-0.3, -0.25) is 0 Å². The third-order valence-corrected chi connectivity index (χ3v) is 4.49. The van der Waals surface area contributed by atoms with Crippen LogP contribution >= 0.6 is 24.4 Å². The highest BCUT2D eigenvalue weighted by Crippen LogP contribution is 2.20. The molecule has 1 aromatic rings. The minimum atomic E-state index is -0.421. The third-order valence-electron chi connectivity index (χ3n) is 3.52. The van der Waals surface area contributed by atoms with Crippen LogP contribution in [0.1, 0.15) is 19.4 Å². The maximum absolute atomic E-state index is 14.2. The van der Waals surface area contributed by atoms with Crippen LogP contribution in [-0.2, 0) is 0 Å². The van der Waals surface area contributed by atoms with Crippen molar-refractivity contribution in [2.24, 2.45) is 4.99 Å². The fraction of sp³-hybridized carbons (Fsp3) is 0.294. The summed E-state index contributed by atoms with van der Waals surface area (Å²) in [6.45, 7) is 3.44. The van der Waals surface area contributed by atoms with E-state index in [1.807, 2.05) is 13.0 Å². The minimum absolute atomic E-state index is 0.339. The number of rotatable bonds is 4. The number of anilines is 1. The normalized spacial score (nSPS) is 11.6. The lowest BCUT2D eigenvalue weighted by molar-refractivity contribution is 0.619. The molecule has 1 aromatic carbocycles. The Morgan fingerprint density at radius 2 is 1.96 bits per heavy atom. The van der Waals surface area contributed by atoms with Crippen molar-refractivity contribution in [3.8, 4) is 6.07 Å². The molecule has 0 atom stereocenters. The van der Waals surface area contributed by atoms with Gasteiger partial charge in [-0.15, -0.1) is 0 Å². The first-order valence-corrected chi connectivity index (χ1v) is 8.18. The van der Waals surface area contributed by atoms with E-state index in [1.54, 1.807) is 56.2 Å². The highest BCUT2D eigenvalue weighted by Gasteiger charge is 2.15. The lowest BCUT2D eigenvalue weighted by Crippen LogP contribution is -2.37. The molecule has 0 saturated carbocycles. The second kappa shape index (κ2) is 9.20. The quantitative estimate of drug-likeness (QED) is 0.642. The Hall–Kier alpha value is -2.37. The molecular weight excluding hydrogens is 357 g/mol. The van der Waals surface area contributed by atoms with Crippen molar-refractivity contribution in [3.63, 3.8) is 0 Å². The average molecular weight is 378 g/mol. The van der Waals surface area contributed by atoms with Crippen molar-refractivity contribution in [1.29, 1.82) is 5.26 Å². The zero-order chi connectivity index (χ0) is 19.1. The number of halogens is 1. The van der Waals surface area contributed by atoms with E-state index in [1.165, 1.54) is 6.07 Å². The van der Waals surface area contributed by atoms with Crippen LogP contribution in [0.25, 0.3) is 0 Å². The number of benzene rings is 1. The van der Waals surface area contributed by atoms with Gasteiger partial charge in [-0.05, 0) is 44.3 Å². The first-order chi connectivity index (χ1) is 11.7. The Balaban J connectivity index is 3.01. The SMILES string of the molecule is CNC(=S)c1ccc(N(C)C(=S)N(C)/C(C)=C/N=C(\C)C#N)cc1F. The number of nitriles is 1. The summed E-state index contributed by atoms with van der Waals surface area (Å²) in [6.07, 6.45) is 1.56. The van der Waals surface area contributed by atoms with Crippen LogP contribution in [0, 0.1) is 17.1 Å². The van der Waals surface area contributed by atoms with Crippen LogP contribution in [-0.4, -0.2) is 41.9 Å². The van der Waals surface area contributed by atoms with Crippen molar-refractivity contribution in [3.05, 3.63) is 41.5 Å². The van der Waals surface area contributed by atoms with Gasteiger partial charge < -0.3 is 15.1 Å². The molecule has 25 heavy (non-hydrogen) atoms. The number of allylic oxidation sites excluding steroid dienone is 1. The van der Waals surface area contributed by atoms with Crippen LogP contribution in [0.4, 0.5) is 10.1 Å². The standard InChI is InChI=1S/C17H20FN5S2/c1-11(9-19)21-10-12(2)22(4)17(25)23(5)13-6-7-14(15(18)8-13)16(24)20-3/h6-8,10H,1-5H3,(H,20,24)/b12-10+,21-11+. The number of thiocarbonyl (C=S) groups is 2. The number of hydrogen-bond donors (Lipinski definition) is 1. The van der Waals surface area contributed by atoms with E-state index < -0.39 is 5.82 Å². The zero-order valence-corrected chi connectivity index (χ0v) is 16.4. The van der Waals surface area contributed by atoms with E-state index in [9.17, 15) is 4.39 Å². The summed E-state index contributed by atoms with van der Waals surface area (Å²) >= 11 is 10.5. The number of nitrogens with one attached hydrogen (secondary N) is 1. The summed E-state index contributed by atoms with van der Waals surface area (Å²) in [5.74, 6) is -0.421. The van der Waals surface area contributed by atoms with Gasteiger partial charge in [0.2, 0.25) is 0 Å². The molecule has 0 amide bonds. The largest absolute Gasteiger partial charge is 0.379 e. The molecule has 1 rings (SSSR count). The lowest BCUT2D eigenvalue weighted by Gasteiger charge is -2.28. The van der Waals surface area contributed by atoms with Crippen LogP contribution < -0.4 is 10.2 Å². The highest BCUT2D eigenvalue weighted by molar-refractivity contribution is 7.80. The van der Waals surface area contributed by atoms with E-state index in [0.29, 0.717) is 27.1 Å². The number of hydrogen-bond acceptors (Lipinski definition) is 4. The molecule has 0 aliphatic carbocycles. The van der Waals surface area contributed by atoms with Crippen LogP contribution in [0.5, 0.6) is 0 Å². The molecule has 0 radical (unpaired) electrons. The molecule has 0 bridgehead atoms. The summed E-state index contributed by atoms with van der Waals surface area (Å²) in [5, 5.41) is 11.9. The number of aliphatic imine (C=N–C) groups is 1. The monoisotopic (exact) mass is 377 g/mol. The van der Waals surface area contributed by atoms with E-state index >= 15 is 0 Å². The summed E-state index contributed by atoms with van der Waals surface area (Å²) in [5.41, 5.74) is 2.04. The zero-order valence-electron chi connectivity index (χ0n) is 14.8. The maximum atomic E-state index is 14.2. The fourth-order valence-electron chi connectivity index (χ4n) is 1.82. The summed E-state index contributed by atoms with van der Waals surface area (Å²) in [7, 11) is 5.18. The van der Waals surface area contributed by atoms with Gasteiger partial charge in [-0.2, -0.15) is 5.26 Å². The van der Waals surface area contributed by atoms with Crippen molar-refractivity contribution in [2.75, 3.05) is 26.0 Å². The third kappa shape index (κ3) is 5.31. The van der Waals surface area contributed by atoms with Gasteiger partial charge in [0.15, 0.2) is 5.11 Å². The molecule has 0 aromatic heterocycles. The lowest BCUT2D eigenvalue weighted by atomic mass is 10.2. The van der Waals surface area contributed by atoms with Crippen molar-refractivity contribution < 1.29 is 4.39 Å². The summed E-state index contributed by atoms with van der Waals surface area (Å²) in [4.78, 5) is 7.78. The fourth-order valence-corrected chi connectivity index (χ4v) is 2.24. The average Bonchev–Trinajstić information content (AvgIpc) is 2.62. The molecule has 8 heteroatoms. The van der Waals surface area contributed by atoms with Gasteiger partial charge in [0.25, 0.3) is 0 Å². The Labute approximate surface area is 158 Å². The Kier molecular flexibility index (Phi) is 7.61. The smallest absolute Gasteiger partial charge is 0.179 e. The molecule has 0 heterocycles. The van der Waals surface area contributed by atoms with Gasteiger partial charge in [0.1, 0.15) is 22.6 Å². The van der Waals surface area contributed by atoms with Gasteiger partial charge in [-0.25, -0.2) is 9.38 Å².